The zero-order valence-corrected chi connectivity index (χ0v) is 12.7. The topological polar surface area (TPSA) is 29.1 Å². The van der Waals surface area contributed by atoms with Crippen molar-refractivity contribution in [3.05, 3.63) is 35.4 Å². The van der Waals surface area contributed by atoms with E-state index in [1.807, 2.05) is 13.8 Å². The highest BCUT2D eigenvalue weighted by Crippen LogP contribution is 2.18. The van der Waals surface area contributed by atoms with Gasteiger partial charge in [-0.15, -0.1) is 0 Å². The third kappa shape index (κ3) is 4.27. The number of nitrogens with one attached hydrogen (secondary N) is 1. The largest absolute Gasteiger partial charge is 0.350 e. The second kappa shape index (κ2) is 6.98. The van der Waals surface area contributed by atoms with Crippen LogP contribution in [0.25, 0.3) is 0 Å². The summed E-state index contributed by atoms with van der Waals surface area (Å²) in [5.41, 5.74) is -0.109. The maximum absolute atomic E-state index is 13.5. The summed E-state index contributed by atoms with van der Waals surface area (Å²) in [5, 5.41) is 3.57. The molecule has 0 radical (unpaired) electrons. The third-order valence-electron chi connectivity index (χ3n) is 3.38. The molecule has 1 aromatic rings. The molecule has 0 atom stereocenters. The van der Waals surface area contributed by atoms with E-state index in [0.29, 0.717) is 5.33 Å². The van der Waals surface area contributed by atoms with E-state index < -0.39 is 11.6 Å². The average Bonchev–Trinajstić information content (AvgIpc) is 2.39. The van der Waals surface area contributed by atoms with Crippen LogP contribution in [-0.2, 0) is 11.2 Å². The molecule has 0 fully saturated rings. The van der Waals surface area contributed by atoms with E-state index in [-0.39, 0.29) is 23.4 Å². The predicted octanol–water partition coefficient (Wildman–Crippen LogP) is 3.58. The Morgan fingerprint density at radius 1 is 1.32 bits per heavy atom. The van der Waals surface area contributed by atoms with Crippen LogP contribution in [0.1, 0.15) is 32.3 Å². The van der Waals surface area contributed by atoms with Gasteiger partial charge in [0, 0.05) is 16.9 Å². The Hall–Kier alpha value is -0.970. The van der Waals surface area contributed by atoms with Gasteiger partial charge >= 0.3 is 0 Å². The molecule has 2 nitrogen and oxygen atoms in total. The molecular weight excluding hydrogens is 316 g/mol. The number of hydrogen-bond acceptors (Lipinski definition) is 1. The van der Waals surface area contributed by atoms with Crippen molar-refractivity contribution >= 4 is 21.8 Å². The highest BCUT2D eigenvalue weighted by Gasteiger charge is 2.26. The number of carbonyl (C=O) groups is 1. The number of benzene rings is 1. The van der Waals surface area contributed by atoms with Crippen molar-refractivity contribution in [2.75, 3.05) is 5.33 Å². The van der Waals surface area contributed by atoms with Crippen LogP contribution in [0.15, 0.2) is 18.2 Å². The zero-order valence-electron chi connectivity index (χ0n) is 11.1. The molecule has 0 spiro atoms. The minimum Gasteiger partial charge on any atom is -0.350 e. The van der Waals surface area contributed by atoms with E-state index in [9.17, 15) is 13.6 Å². The first-order valence-corrected chi connectivity index (χ1v) is 7.39. The molecule has 0 bridgehead atoms. The summed E-state index contributed by atoms with van der Waals surface area (Å²) in [4.78, 5) is 11.9. The lowest BCUT2D eigenvalue weighted by atomic mass is 9.95. The Kier molecular flexibility index (Phi) is 5.91. The third-order valence-corrected chi connectivity index (χ3v) is 4.45. The first kappa shape index (κ1) is 16.1. The number of amides is 1. The molecule has 0 aliphatic rings. The van der Waals surface area contributed by atoms with Gasteiger partial charge in [-0.05, 0) is 24.5 Å². The fourth-order valence-electron chi connectivity index (χ4n) is 1.83. The Labute approximate surface area is 120 Å². The second-order valence-corrected chi connectivity index (χ2v) is 5.14. The monoisotopic (exact) mass is 333 g/mol. The molecule has 0 aliphatic heterocycles. The van der Waals surface area contributed by atoms with Gasteiger partial charge in [0.15, 0.2) is 0 Å². The molecule has 1 amide bonds. The van der Waals surface area contributed by atoms with Gasteiger partial charge in [-0.3, -0.25) is 4.79 Å². The van der Waals surface area contributed by atoms with Gasteiger partial charge in [-0.25, -0.2) is 8.78 Å². The molecule has 1 N–H and O–H groups in total. The molecule has 1 aromatic carbocycles. The number of carbonyl (C=O) groups excluding carboxylic acids is 1. The summed E-state index contributed by atoms with van der Waals surface area (Å²) in [7, 11) is 0. The van der Waals surface area contributed by atoms with E-state index in [0.717, 1.165) is 25.0 Å². The minimum absolute atomic E-state index is 0.0825. The van der Waals surface area contributed by atoms with Gasteiger partial charge in [0.25, 0.3) is 0 Å². The molecule has 1 rings (SSSR count). The van der Waals surface area contributed by atoms with Crippen LogP contribution in [0.3, 0.4) is 0 Å². The lowest BCUT2D eigenvalue weighted by Crippen LogP contribution is -2.49. The van der Waals surface area contributed by atoms with Crippen molar-refractivity contribution in [2.45, 2.75) is 38.6 Å². The number of hydrogen-bond donors (Lipinski definition) is 1. The quantitative estimate of drug-likeness (QED) is 0.792. The van der Waals surface area contributed by atoms with Crippen LogP contribution in [0.2, 0.25) is 0 Å². The molecule has 0 heterocycles. The molecule has 0 aromatic heterocycles. The van der Waals surface area contributed by atoms with E-state index in [1.54, 1.807) is 0 Å². The van der Waals surface area contributed by atoms with E-state index in [2.05, 4.69) is 21.2 Å². The van der Waals surface area contributed by atoms with Crippen molar-refractivity contribution in [2.24, 2.45) is 0 Å². The van der Waals surface area contributed by atoms with Crippen molar-refractivity contribution in [3.63, 3.8) is 0 Å². The van der Waals surface area contributed by atoms with Crippen LogP contribution < -0.4 is 5.32 Å². The van der Waals surface area contributed by atoms with Crippen molar-refractivity contribution in [1.82, 2.24) is 5.32 Å². The molecule has 0 saturated heterocycles. The standard InChI is InChI=1S/C14H18BrF2NO/c1-3-14(4-2,9-15)18-13(19)7-10-5-6-11(16)8-12(10)17/h5-6,8H,3-4,7,9H2,1-2H3,(H,18,19). The summed E-state index contributed by atoms with van der Waals surface area (Å²) in [6.07, 6.45) is 1.49. The summed E-state index contributed by atoms with van der Waals surface area (Å²) in [6.45, 7) is 3.98. The van der Waals surface area contributed by atoms with Crippen LogP contribution in [0.5, 0.6) is 0 Å². The Bertz CT molecular complexity index is 439. The highest BCUT2D eigenvalue weighted by atomic mass is 79.9. The molecule has 5 heteroatoms. The Balaban J connectivity index is 2.74. The molecular formula is C14H18BrF2NO. The molecule has 0 aliphatic carbocycles. The molecule has 106 valence electrons. The number of alkyl halides is 1. The van der Waals surface area contributed by atoms with Gasteiger partial charge in [0.05, 0.1) is 6.42 Å². The Morgan fingerprint density at radius 3 is 2.42 bits per heavy atom. The fourth-order valence-corrected chi connectivity index (χ4v) is 2.76. The zero-order chi connectivity index (χ0) is 14.5. The molecule has 0 saturated carbocycles. The van der Waals surface area contributed by atoms with E-state index in [1.165, 1.54) is 6.07 Å². The highest BCUT2D eigenvalue weighted by molar-refractivity contribution is 9.09. The van der Waals surface area contributed by atoms with Gasteiger partial charge in [-0.1, -0.05) is 35.8 Å². The van der Waals surface area contributed by atoms with Gasteiger partial charge in [0.1, 0.15) is 11.6 Å². The second-order valence-electron chi connectivity index (χ2n) is 4.58. The number of halogens is 3. The summed E-state index contributed by atoms with van der Waals surface area (Å²) >= 11 is 3.39. The number of rotatable bonds is 6. The normalized spacial score (nSPS) is 11.4. The summed E-state index contributed by atoms with van der Waals surface area (Å²) in [6, 6.07) is 3.25. The molecule has 19 heavy (non-hydrogen) atoms. The van der Waals surface area contributed by atoms with E-state index in [4.69, 9.17) is 0 Å². The van der Waals surface area contributed by atoms with Crippen LogP contribution in [0, 0.1) is 11.6 Å². The maximum Gasteiger partial charge on any atom is 0.224 e. The Morgan fingerprint density at radius 2 is 1.95 bits per heavy atom. The smallest absolute Gasteiger partial charge is 0.224 e. The first-order chi connectivity index (χ1) is 8.96. The lowest BCUT2D eigenvalue weighted by Gasteiger charge is -2.31. The van der Waals surface area contributed by atoms with Crippen LogP contribution in [0.4, 0.5) is 8.78 Å². The average molecular weight is 334 g/mol. The summed E-state index contributed by atoms with van der Waals surface area (Å²) in [5.74, 6) is -1.58. The van der Waals surface area contributed by atoms with Crippen molar-refractivity contribution < 1.29 is 13.6 Å². The van der Waals surface area contributed by atoms with Crippen molar-refractivity contribution in [1.29, 1.82) is 0 Å². The van der Waals surface area contributed by atoms with Crippen LogP contribution in [-0.4, -0.2) is 16.8 Å². The lowest BCUT2D eigenvalue weighted by molar-refractivity contribution is -0.122. The van der Waals surface area contributed by atoms with Gasteiger partial charge in [0.2, 0.25) is 5.91 Å². The minimum atomic E-state index is -0.687. The van der Waals surface area contributed by atoms with Gasteiger partial charge < -0.3 is 5.32 Å². The van der Waals surface area contributed by atoms with Crippen molar-refractivity contribution in [3.8, 4) is 0 Å². The SMILES string of the molecule is CCC(CC)(CBr)NC(=O)Cc1ccc(F)cc1F. The molecule has 0 unspecified atom stereocenters. The maximum atomic E-state index is 13.5. The van der Waals surface area contributed by atoms with Gasteiger partial charge in [-0.2, -0.15) is 0 Å². The first-order valence-electron chi connectivity index (χ1n) is 6.27. The fraction of sp³-hybridized carbons (Fsp3) is 0.500. The van der Waals surface area contributed by atoms with E-state index >= 15 is 0 Å². The predicted molar refractivity (Wildman–Crippen MR) is 75.3 cm³/mol. The van der Waals surface area contributed by atoms with Crippen LogP contribution >= 0.6 is 15.9 Å². The summed E-state index contributed by atoms with van der Waals surface area (Å²) < 4.78 is 26.2.